The van der Waals surface area contributed by atoms with E-state index >= 15 is 0 Å². The van der Waals surface area contributed by atoms with Gasteiger partial charge in [0.1, 0.15) is 17.2 Å². The molecule has 0 spiro atoms. The summed E-state index contributed by atoms with van der Waals surface area (Å²) in [5.74, 6) is -0.948. The molecule has 2 aromatic heterocycles. The van der Waals surface area contributed by atoms with Crippen molar-refractivity contribution < 1.29 is 23.4 Å². The van der Waals surface area contributed by atoms with E-state index in [4.69, 9.17) is 0 Å². The molecule has 0 aliphatic heterocycles. The number of benzene rings is 1. The maximum absolute atomic E-state index is 13.8. The predicted octanol–water partition coefficient (Wildman–Crippen LogP) is 4.31. The SMILES string of the molecule is CC(C)(CC(O)(Cc1cc2cnccc2[nH]1)C(F)F)c1ccc(F)cc1O. The second kappa shape index (κ2) is 6.88. The van der Waals surface area contributed by atoms with E-state index in [-0.39, 0.29) is 18.6 Å². The fourth-order valence-corrected chi connectivity index (χ4v) is 3.61. The Kier molecular flexibility index (Phi) is 4.90. The first-order valence-corrected chi connectivity index (χ1v) is 8.52. The number of phenolic OH excluding ortho intramolecular Hbond substituents is 1. The van der Waals surface area contributed by atoms with E-state index in [1.807, 2.05) is 0 Å². The van der Waals surface area contributed by atoms with E-state index in [2.05, 4.69) is 9.97 Å². The summed E-state index contributed by atoms with van der Waals surface area (Å²) in [6.45, 7) is 3.25. The zero-order valence-corrected chi connectivity index (χ0v) is 15.0. The van der Waals surface area contributed by atoms with Crippen LogP contribution in [-0.4, -0.2) is 32.2 Å². The average molecular weight is 378 g/mol. The third-order valence-electron chi connectivity index (χ3n) is 4.82. The van der Waals surface area contributed by atoms with Crippen molar-refractivity contribution in [3.8, 4) is 5.75 Å². The van der Waals surface area contributed by atoms with Gasteiger partial charge in [-0.05, 0) is 35.6 Å². The van der Waals surface area contributed by atoms with Crippen LogP contribution in [0, 0.1) is 5.82 Å². The smallest absolute Gasteiger partial charge is 0.267 e. The molecule has 0 saturated heterocycles. The number of aromatic amines is 1. The Morgan fingerprint density at radius 2 is 1.93 bits per heavy atom. The number of fused-ring (bicyclic) bond motifs is 1. The third-order valence-corrected chi connectivity index (χ3v) is 4.82. The molecular formula is C20H21F3N2O2. The van der Waals surface area contributed by atoms with Crippen LogP contribution in [0.25, 0.3) is 10.9 Å². The Labute approximate surface area is 154 Å². The van der Waals surface area contributed by atoms with Gasteiger partial charge in [0.2, 0.25) is 0 Å². The lowest BCUT2D eigenvalue weighted by molar-refractivity contribution is -0.110. The molecule has 0 aliphatic rings. The number of hydrogen-bond donors (Lipinski definition) is 3. The first kappa shape index (κ1) is 19.2. The molecule has 0 radical (unpaired) electrons. The molecule has 1 unspecified atom stereocenters. The molecule has 3 N–H and O–H groups in total. The van der Waals surface area contributed by atoms with Gasteiger partial charge in [0.15, 0.2) is 0 Å². The van der Waals surface area contributed by atoms with Gasteiger partial charge in [-0.15, -0.1) is 0 Å². The maximum atomic E-state index is 13.8. The first-order chi connectivity index (χ1) is 12.6. The molecule has 0 bridgehead atoms. The Morgan fingerprint density at radius 3 is 2.56 bits per heavy atom. The molecule has 0 fully saturated rings. The highest BCUT2D eigenvalue weighted by Gasteiger charge is 2.44. The summed E-state index contributed by atoms with van der Waals surface area (Å²) in [7, 11) is 0. The molecule has 1 atom stereocenters. The zero-order valence-electron chi connectivity index (χ0n) is 15.0. The van der Waals surface area contributed by atoms with E-state index in [0.29, 0.717) is 11.3 Å². The minimum absolute atomic E-state index is 0.295. The lowest BCUT2D eigenvalue weighted by atomic mass is 9.73. The molecule has 4 nitrogen and oxygen atoms in total. The molecule has 0 amide bonds. The van der Waals surface area contributed by atoms with Gasteiger partial charge in [-0.25, -0.2) is 13.2 Å². The van der Waals surface area contributed by atoms with Crippen LogP contribution in [0.5, 0.6) is 5.75 Å². The summed E-state index contributed by atoms with van der Waals surface area (Å²) in [5.41, 5.74) is -1.86. The van der Waals surface area contributed by atoms with Crippen molar-refractivity contribution in [1.82, 2.24) is 9.97 Å². The zero-order chi connectivity index (χ0) is 19.8. The second-order valence-electron chi connectivity index (χ2n) is 7.56. The highest BCUT2D eigenvalue weighted by atomic mass is 19.3. The summed E-state index contributed by atoms with van der Waals surface area (Å²) in [4.78, 5) is 7.00. The molecule has 0 saturated carbocycles. The maximum Gasteiger partial charge on any atom is 0.267 e. The van der Waals surface area contributed by atoms with Crippen LogP contribution >= 0.6 is 0 Å². The predicted molar refractivity (Wildman–Crippen MR) is 96.5 cm³/mol. The summed E-state index contributed by atoms with van der Waals surface area (Å²) < 4.78 is 40.9. The number of nitrogens with one attached hydrogen (secondary N) is 1. The molecular weight excluding hydrogens is 357 g/mol. The van der Waals surface area contributed by atoms with Crippen molar-refractivity contribution in [3.05, 3.63) is 59.8 Å². The normalized spacial score (nSPS) is 14.6. The second-order valence-corrected chi connectivity index (χ2v) is 7.56. The van der Waals surface area contributed by atoms with Crippen LogP contribution in [0.1, 0.15) is 31.5 Å². The Bertz CT molecular complexity index is 922. The Morgan fingerprint density at radius 1 is 1.19 bits per heavy atom. The van der Waals surface area contributed by atoms with Crippen molar-refractivity contribution in [2.24, 2.45) is 0 Å². The van der Waals surface area contributed by atoms with Crippen molar-refractivity contribution in [2.45, 2.75) is 44.1 Å². The average Bonchev–Trinajstić information content (AvgIpc) is 2.95. The Balaban J connectivity index is 1.91. The number of aliphatic hydroxyl groups is 1. The number of H-pyrrole nitrogens is 1. The highest BCUT2D eigenvalue weighted by molar-refractivity contribution is 5.79. The van der Waals surface area contributed by atoms with Crippen LogP contribution in [0.3, 0.4) is 0 Å². The number of aromatic hydroxyl groups is 1. The van der Waals surface area contributed by atoms with Gasteiger partial charge in [0.25, 0.3) is 6.43 Å². The lowest BCUT2D eigenvalue weighted by Gasteiger charge is -2.36. The number of halogens is 3. The molecule has 3 aromatic rings. The monoisotopic (exact) mass is 378 g/mol. The number of rotatable bonds is 6. The first-order valence-electron chi connectivity index (χ1n) is 8.52. The van der Waals surface area contributed by atoms with Crippen molar-refractivity contribution in [2.75, 3.05) is 0 Å². The van der Waals surface area contributed by atoms with Gasteiger partial charge < -0.3 is 15.2 Å². The standard InChI is InChI=1S/C20H21F3N2O2/c1-19(2,15-4-3-13(21)8-17(15)26)11-20(27,18(22)23)9-14-7-12-10-24-6-5-16(12)25-14/h3-8,10,18,25-27H,9,11H2,1-2H3. The third kappa shape index (κ3) is 3.93. The molecule has 144 valence electrons. The van der Waals surface area contributed by atoms with E-state index in [1.165, 1.54) is 6.07 Å². The van der Waals surface area contributed by atoms with Crippen LogP contribution in [-0.2, 0) is 11.8 Å². The minimum Gasteiger partial charge on any atom is -0.508 e. The summed E-state index contributed by atoms with van der Waals surface area (Å²) in [6, 6.07) is 6.84. The van der Waals surface area contributed by atoms with Crippen molar-refractivity contribution in [1.29, 1.82) is 0 Å². The van der Waals surface area contributed by atoms with Gasteiger partial charge in [0.05, 0.1) is 0 Å². The van der Waals surface area contributed by atoms with Crippen LogP contribution in [0.15, 0.2) is 42.7 Å². The van der Waals surface area contributed by atoms with E-state index < -0.39 is 23.3 Å². The number of aromatic nitrogens is 2. The number of pyridine rings is 1. The van der Waals surface area contributed by atoms with Crippen molar-refractivity contribution >= 4 is 10.9 Å². The van der Waals surface area contributed by atoms with Crippen molar-refractivity contribution in [3.63, 3.8) is 0 Å². The van der Waals surface area contributed by atoms with E-state index in [0.717, 1.165) is 23.0 Å². The number of nitrogens with zero attached hydrogens (tertiary/aromatic N) is 1. The number of hydrogen-bond acceptors (Lipinski definition) is 3. The van der Waals surface area contributed by atoms with Gasteiger partial charge >= 0.3 is 0 Å². The summed E-state index contributed by atoms with van der Waals surface area (Å²) >= 11 is 0. The largest absolute Gasteiger partial charge is 0.508 e. The minimum atomic E-state index is -3.01. The number of alkyl halides is 2. The van der Waals surface area contributed by atoms with Gasteiger partial charge in [0, 0.05) is 41.5 Å². The van der Waals surface area contributed by atoms with Crippen LogP contribution in [0.2, 0.25) is 0 Å². The quantitative estimate of drug-likeness (QED) is 0.599. The van der Waals surface area contributed by atoms with Gasteiger partial charge in [-0.3, -0.25) is 4.98 Å². The van der Waals surface area contributed by atoms with Crippen LogP contribution in [0.4, 0.5) is 13.2 Å². The molecule has 27 heavy (non-hydrogen) atoms. The molecule has 7 heteroatoms. The fourth-order valence-electron chi connectivity index (χ4n) is 3.61. The number of phenols is 1. The molecule has 3 rings (SSSR count). The lowest BCUT2D eigenvalue weighted by Crippen LogP contribution is -2.45. The van der Waals surface area contributed by atoms with Gasteiger partial charge in [-0.1, -0.05) is 19.9 Å². The molecule has 0 aliphatic carbocycles. The van der Waals surface area contributed by atoms with E-state index in [9.17, 15) is 23.4 Å². The summed E-state index contributed by atoms with van der Waals surface area (Å²) in [6.07, 6.45) is -0.446. The van der Waals surface area contributed by atoms with Crippen LogP contribution < -0.4 is 0 Å². The molecule has 2 heterocycles. The topological polar surface area (TPSA) is 69.1 Å². The Hall–Kier alpha value is -2.54. The fraction of sp³-hybridized carbons (Fsp3) is 0.350. The molecule has 1 aromatic carbocycles. The summed E-state index contributed by atoms with van der Waals surface area (Å²) in [5, 5.41) is 21.6. The van der Waals surface area contributed by atoms with E-state index in [1.54, 1.807) is 38.4 Å². The highest BCUT2D eigenvalue weighted by Crippen LogP contribution is 2.40. The van der Waals surface area contributed by atoms with Gasteiger partial charge in [-0.2, -0.15) is 0 Å².